The van der Waals surface area contributed by atoms with Crippen molar-refractivity contribution in [2.45, 2.75) is 37.9 Å². The van der Waals surface area contributed by atoms with E-state index in [-0.39, 0.29) is 18.0 Å². The lowest BCUT2D eigenvalue weighted by Gasteiger charge is -2.05. The Hall–Kier alpha value is -1.70. The Morgan fingerprint density at radius 1 is 1.33 bits per heavy atom. The van der Waals surface area contributed by atoms with Crippen molar-refractivity contribution in [1.82, 2.24) is 14.3 Å². The summed E-state index contributed by atoms with van der Waals surface area (Å²) in [6.07, 6.45) is 5.66. The van der Waals surface area contributed by atoms with Crippen molar-refractivity contribution in [3.05, 3.63) is 48.0 Å². The van der Waals surface area contributed by atoms with Gasteiger partial charge in [-0.2, -0.15) is 0 Å². The predicted octanol–water partition coefficient (Wildman–Crippen LogP) is 1.26. The maximum Gasteiger partial charge on any atom is 0.242 e. The van der Waals surface area contributed by atoms with Gasteiger partial charge in [-0.05, 0) is 30.2 Å². The Balaban J connectivity index is 2.15. The summed E-state index contributed by atoms with van der Waals surface area (Å²) in [5.41, 5.74) is 1.44. The molecule has 2 aromatic rings. The third kappa shape index (κ3) is 3.90. The second kappa shape index (κ2) is 6.84. The summed E-state index contributed by atoms with van der Waals surface area (Å²) < 4.78 is 28.9. The standard InChI is InChI=1S/C14H19N3O3S/c1-2-7-17-10-14(8-13(17)11-18)21(19,20)16-9-12-3-5-15-6-4-12/h3-6,8,10,16,18H,2,7,9,11H2,1H3. The first-order chi connectivity index (χ1) is 10.1. The van der Waals surface area contributed by atoms with Gasteiger partial charge in [0.2, 0.25) is 10.0 Å². The summed E-state index contributed by atoms with van der Waals surface area (Å²) in [4.78, 5) is 4.06. The van der Waals surface area contributed by atoms with Crippen LogP contribution in [-0.2, 0) is 29.7 Å². The Morgan fingerprint density at radius 3 is 2.67 bits per heavy atom. The third-order valence-electron chi connectivity index (χ3n) is 3.11. The van der Waals surface area contributed by atoms with Crippen LogP contribution >= 0.6 is 0 Å². The molecule has 6 nitrogen and oxygen atoms in total. The number of hydrogen-bond acceptors (Lipinski definition) is 4. The van der Waals surface area contributed by atoms with Crippen LogP contribution in [0.3, 0.4) is 0 Å². The fourth-order valence-electron chi connectivity index (χ4n) is 2.02. The monoisotopic (exact) mass is 309 g/mol. The highest BCUT2D eigenvalue weighted by molar-refractivity contribution is 7.89. The van der Waals surface area contributed by atoms with Crippen LogP contribution < -0.4 is 4.72 Å². The lowest BCUT2D eigenvalue weighted by Crippen LogP contribution is -2.22. The van der Waals surface area contributed by atoms with E-state index in [4.69, 9.17) is 0 Å². The van der Waals surface area contributed by atoms with Gasteiger partial charge in [-0.3, -0.25) is 4.98 Å². The summed E-state index contributed by atoms with van der Waals surface area (Å²) >= 11 is 0. The SMILES string of the molecule is CCCn1cc(S(=O)(=O)NCc2ccncc2)cc1CO. The van der Waals surface area contributed by atoms with Crippen molar-refractivity contribution in [3.63, 3.8) is 0 Å². The molecule has 0 atom stereocenters. The number of sulfonamides is 1. The molecule has 2 N–H and O–H groups in total. The molecule has 7 heteroatoms. The smallest absolute Gasteiger partial charge is 0.242 e. The zero-order chi connectivity index (χ0) is 15.3. The first-order valence-electron chi connectivity index (χ1n) is 6.75. The second-order valence-corrected chi connectivity index (χ2v) is 6.47. The number of aliphatic hydroxyl groups excluding tert-OH is 1. The van der Waals surface area contributed by atoms with Crippen molar-refractivity contribution in [3.8, 4) is 0 Å². The predicted molar refractivity (Wildman–Crippen MR) is 78.9 cm³/mol. The van der Waals surface area contributed by atoms with Gasteiger partial charge in [0.25, 0.3) is 0 Å². The van der Waals surface area contributed by atoms with Gasteiger partial charge in [-0.15, -0.1) is 0 Å². The molecule has 0 aliphatic heterocycles. The van der Waals surface area contributed by atoms with Gasteiger partial charge in [-0.1, -0.05) is 6.92 Å². The number of pyridine rings is 1. The molecule has 21 heavy (non-hydrogen) atoms. The third-order valence-corrected chi connectivity index (χ3v) is 4.48. The van der Waals surface area contributed by atoms with Gasteiger partial charge in [0.05, 0.1) is 11.5 Å². The first-order valence-corrected chi connectivity index (χ1v) is 8.23. The van der Waals surface area contributed by atoms with Crippen molar-refractivity contribution in [2.75, 3.05) is 0 Å². The van der Waals surface area contributed by atoms with Gasteiger partial charge in [0.1, 0.15) is 0 Å². The molecule has 0 radical (unpaired) electrons. The first kappa shape index (κ1) is 15.7. The fourth-order valence-corrected chi connectivity index (χ4v) is 3.10. The highest BCUT2D eigenvalue weighted by Crippen LogP contribution is 2.15. The number of hydrogen-bond donors (Lipinski definition) is 2. The van der Waals surface area contributed by atoms with Crippen LogP contribution in [0.1, 0.15) is 24.6 Å². The molecule has 2 aromatic heterocycles. The van der Waals surface area contributed by atoms with Gasteiger partial charge >= 0.3 is 0 Å². The number of aryl methyl sites for hydroxylation is 1. The van der Waals surface area contributed by atoms with Gasteiger partial charge in [-0.25, -0.2) is 13.1 Å². The van der Waals surface area contributed by atoms with Crippen molar-refractivity contribution < 1.29 is 13.5 Å². The van der Waals surface area contributed by atoms with Crippen molar-refractivity contribution >= 4 is 10.0 Å². The number of nitrogens with zero attached hydrogens (tertiary/aromatic N) is 2. The van der Waals surface area contributed by atoms with E-state index in [0.717, 1.165) is 12.0 Å². The van der Waals surface area contributed by atoms with E-state index >= 15 is 0 Å². The second-order valence-electron chi connectivity index (χ2n) is 4.70. The molecule has 0 spiro atoms. The van der Waals surface area contributed by atoms with Gasteiger partial charge in [0.15, 0.2) is 0 Å². The van der Waals surface area contributed by atoms with E-state index < -0.39 is 10.0 Å². The highest BCUT2D eigenvalue weighted by Gasteiger charge is 2.17. The topological polar surface area (TPSA) is 84.2 Å². The molecule has 0 fully saturated rings. The molecule has 2 heterocycles. The van der Waals surface area contributed by atoms with Crippen molar-refractivity contribution in [2.24, 2.45) is 0 Å². The minimum absolute atomic E-state index is 0.175. The normalized spacial score (nSPS) is 11.7. The van der Waals surface area contributed by atoms with Crippen LogP contribution in [0.4, 0.5) is 0 Å². The minimum atomic E-state index is -3.59. The average molecular weight is 309 g/mol. The maximum absolute atomic E-state index is 12.3. The molecule has 2 rings (SSSR count). The van der Waals surface area contributed by atoms with Crippen LogP contribution in [0.15, 0.2) is 41.7 Å². The molecule has 0 aliphatic rings. The molecule has 0 saturated heterocycles. The lowest BCUT2D eigenvalue weighted by atomic mass is 10.3. The molecular weight excluding hydrogens is 290 g/mol. The van der Waals surface area contributed by atoms with Crippen LogP contribution in [0.25, 0.3) is 0 Å². The molecule has 114 valence electrons. The summed E-state index contributed by atoms with van der Waals surface area (Å²) in [5.74, 6) is 0. The number of aliphatic hydroxyl groups is 1. The van der Waals surface area contributed by atoms with Crippen LogP contribution in [-0.4, -0.2) is 23.1 Å². The maximum atomic E-state index is 12.3. The molecule has 0 aromatic carbocycles. The lowest BCUT2D eigenvalue weighted by molar-refractivity contribution is 0.270. The summed E-state index contributed by atoms with van der Waals surface area (Å²) in [6.45, 7) is 2.70. The minimum Gasteiger partial charge on any atom is -0.390 e. The molecule has 0 aliphatic carbocycles. The Labute approximate surface area is 124 Å². The van der Waals surface area contributed by atoms with E-state index in [9.17, 15) is 13.5 Å². The average Bonchev–Trinajstić information content (AvgIpc) is 2.91. The van der Waals surface area contributed by atoms with Crippen molar-refractivity contribution in [1.29, 1.82) is 0 Å². The highest BCUT2D eigenvalue weighted by atomic mass is 32.2. The van der Waals surface area contributed by atoms with Crippen LogP contribution in [0.2, 0.25) is 0 Å². The molecule has 0 bridgehead atoms. The molecule has 0 unspecified atom stereocenters. The molecular formula is C14H19N3O3S. The number of rotatable bonds is 7. The Bertz CT molecular complexity index is 681. The zero-order valence-electron chi connectivity index (χ0n) is 11.9. The Kier molecular flexibility index (Phi) is 5.11. The van der Waals surface area contributed by atoms with Crippen LogP contribution in [0, 0.1) is 0 Å². The summed E-state index contributed by atoms with van der Waals surface area (Å²) in [7, 11) is -3.59. The van der Waals surface area contributed by atoms with E-state index in [1.54, 1.807) is 35.3 Å². The number of nitrogens with one attached hydrogen (secondary N) is 1. The molecule has 0 amide bonds. The zero-order valence-corrected chi connectivity index (χ0v) is 12.7. The Morgan fingerprint density at radius 2 is 2.05 bits per heavy atom. The largest absolute Gasteiger partial charge is 0.390 e. The van der Waals surface area contributed by atoms with Gasteiger partial charge in [0, 0.05) is 37.4 Å². The van der Waals surface area contributed by atoms with Crippen LogP contribution in [0.5, 0.6) is 0 Å². The van der Waals surface area contributed by atoms with E-state index in [0.29, 0.717) is 12.2 Å². The summed E-state index contributed by atoms with van der Waals surface area (Å²) in [6, 6.07) is 5.01. The van der Waals surface area contributed by atoms with E-state index in [1.807, 2.05) is 6.92 Å². The summed E-state index contributed by atoms with van der Waals surface area (Å²) in [5, 5.41) is 9.29. The fraction of sp³-hybridized carbons (Fsp3) is 0.357. The number of aromatic nitrogens is 2. The quantitative estimate of drug-likeness (QED) is 0.806. The van der Waals surface area contributed by atoms with Gasteiger partial charge < -0.3 is 9.67 Å². The van der Waals surface area contributed by atoms with E-state index in [2.05, 4.69) is 9.71 Å². The molecule has 0 saturated carbocycles. The van der Waals surface area contributed by atoms with E-state index in [1.165, 1.54) is 6.07 Å².